The zero-order chi connectivity index (χ0) is 26.7. The van der Waals surface area contributed by atoms with Gasteiger partial charge >= 0.3 is 0 Å². The largest absolute Gasteiger partial charge is 0.364 e. The Labute approximate surface area is 227 Å². The fraction of sp³-hybridized carbons (Fsp3) is 0.485. The Morgan fingerprint density at radius 3 is 2.71 bits per heavy atom. The number of halogens is 1. The number of benzene rings is 2. The van der Waals surface area contributed by atoms with Gasteiger partial charge in [-0.2, -0.15) is 5.26 Å². The molecule has 0 bridgehead atoms. The van der Waals surface area contributed by atoms with E-state index in [9.17, 15) is 4.39 Å². The molecular weight excluding hydrogens is 471 g/mol. The van der Waals surface area contributed by atoms with Gasteiger partial charge in [0.2, 0.25) is 0 Å². The Morgan fingerprint density at radius 1 is 1.24 bits per heavy atom. The molecule has 2 aromatic rings. The number of amidine groups is 1. The fourth-order valence-electron chi connectivity index (χ4n) is 6.01. The number of aliphatic imine (C=N–C) groups is 2. The minimum absolute atomic E-state index is 0.165. The van der Waals surface area contributed by atoms with Gasteiger partial charge in [0.1, 0.15) is 11.5 Å². The number of hydrogen-bond acceptors (Lipinski definition) is 4. The summed E-state index contributed by atoms with van der Waals surface area (Å²) in [6.07, 6.45) is 8.08. The molecule has 0 amide bonds. The summed E-state index contributed by atoms with van der Waals surface area (Å²) in [7, 11) is 0. The third-order valence-corrected chi connectivity index (χ3v) is 8.65. The average Bonchev–Trinajstić information content (AvgIpc) is 3.24. The van der Waals surface area contributed by atoms with Crippen molar-refractivity contribution in [3.8, 4) is 6.07 Å². The van der Waals surface area contributed by atoms with Crippen LogP contribution in [0.15, 0.2) is 70.2 Å². The molecule has 0 spiro atoms. The van der Waals surface area contributed by atoms with Crippen molar-refractivity contribution in [1.82, 2.24) is 0 Å². The molecule has 1 heterocycles. The lowest BCUT2D eigenvalue weighted by atomic mass is 9.87. The van der Waals surface area contributed by atoms with Gasteiger partial charge in [-0.25, -0.2) is 9.38 Å². The van der Waals surface area contributed by atoms with Crippen LogP contribution in [0.4, 0.5) is 10.1 Å². The monoisotopic (exact) mass is 510 g/mol. The van der Waals surface area contributed by atoms with Gasteiger partial charge in [-0.15, -0.1) is 0 Å². The van der Waals surface area contributed by atoms with E-state index in [0.717, 1.165) is 60.6 Å². The van der Waals surface area contributed by atoms with Crippen LogP contribution in [0.1, 0.15) is 81.9 Å². The third kappa shape index (κ3) is 5.60. The molecule has 4 nitrogen and oxygen atoms in total. The van der Waals surface area contributed by atoms with Crippen molar-refractivity contribution in [2.75, 3.05) is 18.0 Å². The maximum absolute atomic E-state index is 14.7. The van der Waals surface area contributed by atoms with Gasteiger partial charge in [0, 0.05) is 37.0 Å². The van der Waals surface area contributed by atoms with E-state index >= 15 is 0 Å². The van der Waals surface area contributed by atoms with E-state index in [2.05, 4.69) is 91.3 Å². The van der Waals surface area contributed by atoms with Crippen LogP contribution >= 0.6 is 0 Å². The number of nitrogens with zero attached hydrogens (tertiary/aromatic N) is 4. The van der Waals surface area contributed by atoms with Gasteiger partial charge < -0.3 is 4.90 Å². The summed E-state index contributed by atoms with van der Waals surface area (Å²) in [5.74, 6) is 1.55. The lowest BCUT2D eigenvalue weighted by Gasteiger charge is -2.41. The Kier molecular flexibility index (Phi) is 7.79. The lowest BCUT2D eigenvalue weighted by Crippen LogP contribution is -2.48. The Hall–Kier alpha value is -3.26. The van der Waals surface area contributed by atoms with E-state index in [4.69, 9.17) is 10.3 Å². The molecule has 198 valence electrons. The molecule has 2 fully saturated rings. The van der Waals surface area contributed by atoms with Gasteiger partial charge in [0.05, 0.1) is 24.7 Å². The Balaban J connectivity index is 1.28. The second-order valence-corrected chi connectivity index (χ2v) is 11.3. The molecule has 0 radical (unpaired) electrons. The summed E-state index contributed by atoms with van der Waals surface area (Å²) in [6, 6.07) is 19.6. The summed E-state index contributed by atoms with van der Waals surface area (Å²) in [5, 5.41) is 8.93. The minimum Gasteiger partial charge on any atom is -0.364 e. The third-order valence-electron chi connectivity index (χ3n) is 8.65. The van der Waals surface area contributed by atoms with Gasteiger partial charge in [-0.3, -0.25) is 4.99 Å². The molecule has 0 N–H and O–H groups in total. The van der Waals surface area contributed by atoms with E-state index in [0.29, 0.717) is 31.7 Å². The highest BCUT2D eigenvalue weighted by molar-refractivity contribution is 6.12. The number of hydrogen-bond donors (Lipinski definition) is 0. The molecule has 0 aromatic heterocycles. The standard InChI is InChI=1S/C33H39FN4/c1-4-7-32-36-21-30(37-32)27-8-6-9-28(18-27)38(31-20-33(34)19-29(31)33)22-24(5-2)11-10-23(3)26-14-12-25(13-15-26)16-17-35/h5-6,8-9,12-15,18,23,29,31H,4,7,10-11,16,19-22H2,1-3H3/b24-5+. The van der Waals surface area contributed by atoms with Crippen LogP contribution in [-0.4, -0.2) is 36.3 Å². The number of alkyl halides is 1. The molecular formula is C33H39FN4. The molecule has 5 rings (SSSR count). The first-order valence-electron chi connectivity index (χ1n) is 14.2. The number of fused-ring (bicyclic) bond motifs is 1. The summed E-state index contributed by atoms with van der Waals surface area (Å²) >= 11 is 0. The van der Waals surface area contributed by atoms with Gasteiger partial charge in [0.25, 0.3) is 0 Å². The SMILES string of the molecule is C/C=C(\CCC(C)c1ccc(CC#N)cc1)CN(c1cccc(C2=NC(CCC)=NC2)c1)C1CC2(F)CC12. The normalized spacial score (nSPS) is 24.6. The molecule has 5 heteroatoms. The highest BCUT2D eigenvalue weighted by Gasteiger charge is 2.70. The highest BCUT2D eigenvalue weighted by atomic mass is 19.1. The second-order valence-electron chi connectivity index (χ2n) is 11.3. The van der Waals surface area contributed by atoms with Crippen LogP contribution in [0.25, 0.3) is 0 Å². The van der Waals surface area contributed by atoms with Crippen molar-refractivity contribution in [3.63, 3.8) is 0 Å². The molecule has 4 unspecified atom stereocenters. The van der Waals surface area contributed by atoms with E-state index in [1.54, 1.807) is 0 Å². The summed E-state index contributed by atoms with van der Waals surface area (Å²) in [6.45, 7) is 8.03. The van der Waals surface area contributed by atoms with Gasteiger partial charge in [-0.05, 0) is 67.3 Å². The molecule has 38 heavy (non-hydrogen) atoms. The van der Waals surface area contributed by atoms with E-state index in [1.807, 2.05) is 0 Å². The number of nitriles is 1. The van der Waals surface area contributed by atoms with E-state index in [-0.39, 0.29) is 12.0 Å². The van der Waals surface area contributed by atoms with Crippen molar-refractivity contribution < 1.29 is 4.39 Å². The van der Waals surface area contributed by atoms with Crippen LogP contribution in [0.5, 0.6) is 0 Å². The van der Waals surface area contributed by atoms with Gasteiger partial charge in [-0.1, -0.05) is 61.9 Å². The smallest absolute Gasteiger partial charge is 0.124 e. The molecule has 0 saturated heterocycles. The Bertz CT molecular complexity index is 1280. The number of anilines is 1. The summed E-state index contributed by atoms with van der Waals surface area (Å²) < 4.78 is 14.7. The van der Waals surface area contributed by atoms with Crippen LogP contribution < -0.4 is 4.90 Å². The quantitative estimate of drug-likeness (QED) is 0.276. The average molecular weight is 511 g/mol. The molecule has 2 aliphatic carbocycles. The van der Waals surface area contributed by atoms with E-state index in [1.165, 1.54) is 11.1 Å². The zero-order valence-corrected chi connectivity index (χ0v) is 23.0. The number of rotatable bonds is 12. The first-order chi connectivity index (χ1) is 18.4. The molecule has 1 aliphatic heterocycles. The second kappa shape index (κ2) is 11.2. The Morgan fingerprint density at radius 2 is 2.05 bits per heavy atom. The first kappa shape index (κ1) is 26.4. The maximum atomic E-state index is 14.7. The minimum atomic E-state index is -0.915. The van der Waals surface area contributed by atoms with Crippen LogP contribution in [-0.2, 0) is 6.42 Å². The molecule has 2 aromatic carbocycles. The van der Waals surface area contributed by atoms with Crippen molar-refractivity contribution in [3.05, 3.63) is 76.9 Å². The topological polar surface area (TPSA) is 51.8 Å². The zero-order valence-electron chi connectivity index (χ0n) is 23.0. The van der Waals surface area contributed by atoms with Crippen molar-refractivity contribution in [2.24, 2.45) is 15.9 Å². The highest BCUT2D eigenvalue weighted by Crippen LogP contribution is 2.64. The predicted octanol–water partition coefficient (Wildman–Crippen LogP) is 7.59. The van der Waals surface area contributed by atoms with Crippen molar-refractivity contribution >= 4 is 17.2 Å². The molecule has 2 saturated carbocycles. The van der Waals surface area contributed by atoms with E-state index < -0.39 is 5.67 Å². The molecule has 3 aliphatic rings. The lowest BCUT2D eigenvalue weighted by molar-refractivity contribution is 0.156. The fourth-order valence-corrected chi connectivity index (χ4v) is 6.01. The molecule has 4 atom stereocenters. The van der Waals surface area contributed by atoms with Gasteiger partial charge in [0.15, 0.2) is 0 Å². The maximum Gasteiger partial charge on any atom is 0.124 e. The summed E-state index contributed by atoms with van der Waals surface area (Å²) in [4.78, 5) is 11.9. The summed E-state index contributed by atoms with van der Waals surface area (Å²) in [5.41, 5.74) is 6.18. The van der Waals surface area contributed by atoms with Crippen molar-refractivity contribution in [2.45, 2.75) is 83.3 Å². The van der Waals surface area contributed by atoms with Crippen LogP contribution in [0.2, 0.25) is 0 Å². The predicted molar refractivity (Wildman–Crippen MR) is 155 cm³/mol. The van der Waals surface area contributed by atoms with Crippen LogP contribution in [0, 0.1) is 17.2 Å². The first-order valence-corrected chi connectivity index (χ1v) is 14.2. The number of allylic oxidation sites excluding steroid dienone is 1. The van der Waals surface area contributed by atoms with Crippen LogP contribution in [0.3, 0.4) is 0 Å². The van der Waals surface area contributed by atoms with Crippen molar-refractivity contribution in [1.29, 1.82) is 5.26 Å².